The van der Waals surface area contributed by atoms with Crippen molar-refractivity contribution in [1.29, 1.82) is 0 Å². The highest BCUT2D eigenvalue weighted by Crippen LogP contribution is 2.16. The molecule has 3 N–H and O–H groups in total. The monoisotopic (exact) mass is 246 g/mol. The second kappa shape index (κ2) is 6.57. The second-order valence-corrected chi connectivity index (χ2v) is 4.80. The largest absolute Gasteiger partial charge is 0.497 e. The van der Waals surface area contributed by atoms with E-state index in [0.29, 0.717) is 6.04 Å². The minimum absolute atomic E-state index is 0.132. The SMILES string of the molecule is COc1cccc(C=CC2CCCCC(N)N2)c1. The van der Waals surface area contributed by atoms with E-state index in [2.05, 4.69) is 23.5 Å². The quantitative estimate of drug-likeness (QED) is 0.861. The van der Waals surface area contributed by atoms with Crippen LogP contribution in [0.25, 0.3) is 6.08 Å². The molecule has 0 saturated carbocycles. The van der Waals surface area contributed by atoms with Crippen LogP contribution in [0.15, 0.2) is 30.3 Å². The van der Waals surface area contributed by atoms with Gasteiger partial charge in [0.05, 0.1) is 13.3 Å². The zero-order valence-electron chi connectivity index (χ0n) is 10.9. The Balaban J connectivity index is 2.00. The molecule has 3 nitrogen and oxygen atoms in total. The normalized spacial score (nSPS) is 25.0. The molecule has 0 spiro atoms. The molecule has 1 aliphatic rings. The van der Waals surface area contributed by atoms with Crippen molar-refractivity contribution >= 4 is 6.08 Å². The zero-order valence-corrected chi connectivity index (χ0v) is 10.9. The molecular formula is C15H22N2O. The lowest BCUT2D eigenvalue weighted by molar-refractivity contribution is 0.414. The molecule has 0 radical (unpaired) electrons. The lowest BCUT2D eigenvalue weighted by atomic mass is 10.1. The molecule has 0 aromatic heterocycles. The Morgan fingerprint density at radius 2 is 2.17 bits per heavy atom. The first kappa shape index (κ1) is 13.1. The number of benzene rings is 1. The number of methoxy groups -OCH3 is 1. The molecule has 1 heterocycles. The molecule has 1 saturated heterocycles. The fraction of sp³-hybridized carbons (Fsp3) is 0.467. The fourth-order valence-electron chi connectivity index (χ4n) is 2.29. The lowest BCUT2D eigenvalue weighted by Gasteiger charge is -2.15. The van der Waals surface area contributed by atoms with E-state index in [0.717, 1.165) is 24.2 Å². The van der Waals surface area contributed by atoms with Crippen molar-refractivity contribution in [2.75, 3.05) is 7.11 Å². The van der Waals surface area contributed by atoms with Gasteiger partial charge in [0.2, 0.25) is 0 Å². The van der Waals surface area contributed by atoms with Crippen LogP contribution < -0.4 is 15.8 Å². The summed E-state index contributed by atoms with van der Waals surface area (Å²) in [6.45, 7) is 0. The summed E-state index contributed by atoms with van der Waals surface area (Å²) in [6.07, 6.45) is 9.17. The van der Waals surface area contributed by atoms with Crippen LogP contribution >= 0.6 is 0 Å². The van der Waals surface area contributed by atoms with Gasteiger partial charge in [0.1, 0.15) is 5.75 Å². The summed E-state index contributed by atoms with van der Waals surface area (Å²) in [5, 5.41) is 3.44. The van der Waals surface area contributed by atoms with E-state index < -0.39 is 0 Å². The minimum Gasteiger partial charge on any atom is -0.497 e. The molecule has 1 aromatic carbocycles. The van der Waals surface area contributed by atoms with E-state index in [1.165, 1.54) is 12.8 Å². The molecule has 1 aliphatic heterocycles. The van der Waals surface area contributed by atoms with Gasteiger partial charge >= 0.3 is 0 Å². The van der Waals surface area contributed by atoms with Crippen LogP contribution in [-0.2, 0) is 0 Å². The van der Waals surface area contributed by atoms with Crippen molar-refractivity contribution in [3.05, 3.63) is 35.9 Å². The van der Waals surface area contributed by atoms with Crippen LogP contribution in [-0.4, -0.2) is 19.3 Å². The summed E-state index contributed by atoms with van der Waals surface area (Å²) in [6, 6.07) is 8.46. The van der Waals surface area contributed by atoms with Gasteiger partial charge in [0.15, 0.2) is 0 Å². The first-order valence-corrected chi connectivity index (χ1v) is 6.62. The third-order valence-corrected chi connectivity index (χ3v) is 3.32. The molecule has 3 heteroatoms. The highest BCUT2D eigenvalue weighted by molar-refractivity contribution is 5.52. The van der Waals surface area contributed by atoms with Gasteiger partial charge in [-0.1, -0.05) is 37.1 Å². The highest BCUT2D eigenvalue weighted by Gasteiger charge is 2.13. The number of nitrogens with two attached hydrogens (primary N) is 1. The number of hydrogen-bond acceptors (Lipinski definition) is 3. The van der Waals surface area contributed by atoms with Gasteiger partial charge in [0, 0.05) is 6.04 Å². The van der Waals surface area contributed by atoms with Crippen LogP contribution in [0, 0.1) is 0 Å². The summed E-state index contributed by atoms with van der Waals surface area (Å²) in [7, 11) is 1.69. The number of ether oxygens (including phenoxy) is 1. The molecule has 2 rings (SSSR count). The minimum atomic E-state index is 0.132. The van der Waals surface area contributed by atoms with E-state index in [9.17, 15) is 0 Å². The summed E-state index contributed by atoms with van der Waals surface area (Å²) < 4.78 is 5.21. The van der Waals surface area contributed by atoms with E-state index in [1.54, 1.807) is 7.11 Å². The van der Waals surface area contributed by atoms with Crippen molar-refractivity contribution in [3.63, 3.8) is 0 Å². The summed E-state index contributed by atoms with van der Waals surface area (Å²) in [4.78, 5) is 0. The molecule has 2 atom stereocenters. The molecule has 98 valence electrons. The predicted octanol–water partition coefficient (Wildman–Crippen LogP) is 2.53. The maximum atomic E-state index is 5.97. The topological polar surface area (TPSA) is 47.3 Å². The Morgan fingerprint density at radius 3 is 3.00 bits per heavy atom. The molecular weight excluding hydrogens is 224 g/mol. The van der Waals surface area contributed by atoms with Crippen LogP contribution in [0.3, 0.4) is 0 Å². The fourth-order valence-corrected chi connectivity index (χ4v) is 2.29. The second-order valence-electron chi connectivity index (χ2n) is 4.80. The summed E-state index contributed by atoms with van der Waals surface area (Å²) in [5.74, 6) is 0.891. The van der Waals surface area contributed by atoms with E-state index in [-0.39, 0.29) is 6.17 Å². The van der Waals surface area contributed by atoms with Crippen molar-refractivity contribution in [2.24, 2.45) is 5.73 Å². The Labute approximate surface area is 109 Å². The maximum Gasteiger partial charge on any atom is 0.119 e. The number of nitrogens with one attached hydrogen (secondary N) is 1. The molecule has 1 fully saturated rings. The molecule has 0 aliphatic carbocycles. The molecule has 0 amide bonds. The predicted molar refractivity (Wildman–Crippen MR) is 75.4 cm³/mol. The van der Waals surface area contributed by atoms with E-state index >= 15 is 0 Å². The van der Waals surface area contributed by atoms with Gasteiger partial charge in [-0.15, -0.1) is 0 Å². The third kappa shape index (κ3) is 3.86. The van der Waals surface area contributed by atoms with Gasteiger partial charge in [-0.25, -0.2) is 0 Å². The van der Waals surface area contributed by atoms with E-state index in [1.807, 2.05) is 18.2 Å². The average molecular weight is 246 g/mol. The Kier molecular flexibility index (Phi) is 4.79. The van der Waals surface area contributed by atoms with Gasteiger partial charge in [-0.05, 0) is 30.5 Å². The summed E-state index contributed by atoms with van der Waals surface area (Å²) >= 11 is 0. The first-order chi connectivity index (χ1) is 8.78. The van der Waals surface area contributed by atoms with Crippen LogP contribution in [0.5, 0.6) is 5.75 Å². The summed E-state index contributed by atoms with van der Waals surface area (Å²) in [5.41, 5.74) is 7.14. The van der Waals surface area contributed by atoms with Crippen molar-refractivity contribution in [1.82, 2.24) is 5.32 Å². The average Bonchev–Trinajstić information content (AvgIpc) is 2.61. The van der Waals surface area contributed by atoms with Crippen molar-refractivity contribution in [3.8, 4) is 5.75 Å². The molecule has 1 aromatic rings. The van der Waals surface area contributed by atoms with Crippen LogP contribution in [0.2, 0.25) is 0 Å². The maximum absolute atomic E-state index is 5.97. The first-order valence-electron chi connectivity index (χ1n) is 6.62. The Morgan fingerprint density at radius 1 is 1.33 bits per heavy atom. The zero-order chi connectivity index (χ0) is 12.8. The number of hydrogen-bond donors (Lipinski definition) is 2. The van der Waals surface area contributed by atoms with Gasteiger partial charge in [-0.2, -0.15) is 0 Å². The molecule has 18 heavy (non-hydrogen) atoms. The third-order valence-electron chi connectivity index (χ3n) is 3.32. The molecule has 0 bridgehead atoms. The molecule has 2 unspecified atom stereocenters. The van der Waals surface area contributed by atoms with E-state index in [4.69, 9.17) is 10.5 Å². The standard InChI is InChI=1S/C15H22N2O/c1-18-14-7-4-5-12(11-14)9-10-13-6-2-3-8-15(16)17-13/h4-5,7,9-11,13,15,17H,2-3,6,8,16H2,1H3. The van der Waals surface area contributed by atoms with Gasteiger partial charge in [-0.3, -0.25) is 5.32 Å². The lowest BCUT2D eigenvalue weighted by Crippen LogP contribution is -2.41. The van der Waals surface area contributed by atoms with Crippen molar-refractivity contribution < 1.29 is 4.74 Å². The number of rotatable bonds is 3. The Hall–Kier alpha value is -1.32. The van der Waals surface area contributed by atoms with Gasteiger partial charge in [0.25, 0.3) is 0 Å². The van der Waals surface area contributed by atoms with Crippen LogP contribution in [0.1, 0.15) is 31.2 Å². The van der Waals surface area contributed by atoms with Crippen molar-refractivity contribution in [2.45, 2.75) is 37.9 Å². The Bertz CT molecular complexity index is 403. The van der Waals surface area contributed by atoms with Gasteiger partial charge < -0.3 is 10.5 Å². The smallest absolute Gasteiger partial charge is 0.119 e. The highest BCUT2D eigenvalue weighted by atomic mass is 16.5. The van der Waals surface area contributed by atoms with Crippen LogP contribution in [0.4, 0.5) is 0 Å².